The molecule has 66 valence electrons. The van der Waals surface area contributed by atoms with Crippen molar-refractivity contribution in [2.75, 3.05) is 0 Å². The Hall–Kier alpha value is -1.91. The molecule has 0 aliphatic heterocycles. The molecule has 0 fully saturated rings. The summed E-state index contributed by atoms with van der Waals surface area (Å²) in [5, 5.41) is 10.8. The summed E-state index contributed by atoms with van der Waals surface area (Å²) in [7, 11) is 0. The average Bonchev–Trinajstić information content (AvgIpc) is 2.02. The van der Waals surface area contributed by atoms with Gasteiger partial charge in [-0.1, -0.05) is 0 Å². The molecule has 0 spiro atoms. The van der Waals surface area contributed by atoms with Crippen molar-refractivity contribution in [3.8, 4) is 0 Å². The van der Waals surface area contributed by atoms with Crippen LogP contribution < -0.4 is 10.3 Å². The quantitative estimate of drug-likeness (QED) is 0.558. The fourth-order valence-electron chi connectivity index (χ4n) is 1.06. The van der Waals surface area contributed by atoms with Gasteiger partial charge in [-0.15, -0.1) is 0 Å². The summed E-state index contributed by atoms with van der Waals surface area (Å²) in [5.41, 5.74) is -0.543. The lowest BCUT2D eigenvalue weighted by molar-refractivity contribution is -0.793. The van der Waals surface area contributed by atoms with Crippen LogP contribution in [0.3, 0.4) is 0 Å². The van der Waals surface area contributed by atoms with Crippen molar-refractivity contribution in [1.82, 2.24) is 0 Å². The molecule has 0 unspecified atom stereocenters. The van der Waals surface area contributed by atoms with Crippen LogP contribution in [0.15, 0.2) is 33.7 Å². The molecular weight excluding hydrogens is 177 g/mol. The van der Waals surface area contributed by atoms with Crippen molar-refractivity contribution in [2.24, 2.45) is 0 Å². The molecule has 0 saturated carbocycles. The van der Waals surface area contributed by atoms with Gasteiger partial charge in [0.25, 0.3) is 11.6 Å². The Morgan fingerprint density at radius 3 is 3.00 bits per heavy atom. The molecule has 13 heavy (non-hydrogen) atoms. The van der Waals surface area contributed by atoms with E-state index >= 15 is 0 Å². The summed E-state index contributed by atoms with van der Waals surface area (Å²) in [4.78, 5) is 11.1. The zero-order valence-corrected chi connectivity index (χ0v) is 6.36. The van der Waals surface area contributed by atoms with Crippen LogP contribution in [0.25, 0.3) is 11.0 Å². The molecule has 0 atom stereocenters. The molecule has 0 saturated heterocycles. The van der Waals surface area contributed by atoms with E-state index in [1.54, 1.807) is 0 Å². The minimum Gasteiger partial charge on any atom is -0.367 e. The maximum absolute atomic E-state index is 12.6. The van der Waals surface area contributed by atoms with E-state index in [9.17, 15) is 14.4 Å². The highest BCUT2D eigenvalue weighted by Gasteiger charge is 2.03. The van der Waals surface area contributed by atoms with E-state index in [0.29, 0.717) is 0 Å². The number of halogens is 1. The second-order valence-corrected chi connectivity index (χ2v) is 2.51. The standard InChI is InChI=1S/C8H4FNO3/c9-5-1-2-6-7(11)4-10(12)13-8(6)3-5/h1-4H. The minimum absolute atomic E-state index is 0.00407. The summed E-state index contributed by atoms with van der Waals surface area (Å²) in [6.07, 6.45) is 0.750. The third-order valence-electron chi connectivity index (χ3n) is 1.62. The van der Waals surface area contributed by atoms with Crippen LogP contribution in [0, 0.1) is 11.0 Å². The van der Waals surface area contributed by atoms with Gasteiger partial charge in [0.2, 0.25) is 0 Å². The van der Waals surface area contributed by atoms with Gasteiger partial charge in [-0.25, -0.2) is 4.39 Å². The summed E-state index contributed by atoms with van der Waals surface area (Å²) in [6, 6.07) is 3.40. The van der Waals surface area contributed by atoms with E-state index < -0.39 is 11.2 Å². The first-order chi connectivity index (χ1) is 6.16. The van der Waals surface area contributed by atoms with Crippen LogP contribution in [0.4, 0.5) is 4.39 Å². The first kappa shape index (κ1) is 7.72. The Labute approximate surface area is 71.4 Å². The Balaban J connectivity index is 2.95. The third-order valence-corrected chi connectivity index (χ3v) is 1.62. The van der Waals surface area contributed by atoms with Crippen LogP contribution in [-0.4, -0.2) is 0 Å². The van der Waals surface area contributed by atoms with Crippen molar-refractivity contribution in [1.29, 1.82) is 0 Å². The fraction of sp³-hybridized carbons (Fsp3) is 0. The van der Waals surface area contributed by atoms with Gasteiger partial charge in [0.05, 0.1) is 5.58 Å². The first-order valence-corrected chi connectivity index (χ1v) is 3.50. The summed E-state index contributed by atoms with van der Waals surface area (Å²) < 4.78 is 17.2. The Morgan fingerprint density at radius 1 is 1.46 bits per heavy atom. The maximum atomic E-state index is 12.6. The van der Waals surface area contributed by atoms with Gasteiger partial charge in [-0.3, -0.25) is 10.0 Å². The number of fused-ring (bicyclic) bond motifs is 1. The van der Waals surface area contributed by atoms with Crippen molar-refractivity contribution in [2.45, 2.75) is 0 Å². The lowest BCUT2D eigenvalue weighted by atomic mass is 10.2. The van der Waals surface area contributed by atoms with Gasteiger partial charge in [0, 0.05) is 10.3 Å². The maximum Gasteiger partial charge on any atom is 0.281 e. The molecule has 4 nitrogen and oxygen atoms in total. The first-order valence-electron chi connectivity index (χ1n) is 3.50. The average molecular weight is 181 g/mol. The zero-order valence-electron chi connectivity index (χ0n) is 6.36. The van der Waals surface area contributed by atoms with Crippen LogP contribution >= 0.6 is 0 Å². The summed E-state index contributed by atoms with van der Waals surface area (Å²) >= 11 is 0. The van der Waals surface area contributed by atoms with Gasteiger partial charge >= 0.3 is 0 Å². The molecule has 5 heteroatoms. The zero-order chi connectivity index (χ0) is 9.42. The number of hydrogen-bond donors (Lipinski definition) is 0. The Morgan fingerprint density at radius 2 is 2.23 bits per heavy atom. The number of rotatable bonds is 0. The minimum atomic E-state index is -0.554. The van der Waals surface area contributed by atoms with Crippen molar-refractivity contribution < 1.29 is 13.8 Å². The molecule has 0 aliphatic carbocycles. The monoisotopic (exact) mass is 181 g/mol. The van der Waals surface area contributed by atoms with Crippen LogP contribution in [0.5, 0.6) is 0 Å². The number of aromatic nitrogens is 1. The molecule has 0 radical (unpaired) electrons. The van der Waals surface area contributed by atoms with Gasteiger partial charge in [0.1, 0.15) is 5.82 Å². The lowest BCUT2D eigenvalue weighted by Crippen LogP contribution is -2.29. The molecule has 0 aliphatic rings. The number of benzene rings is 1. The van der Waals surface area contributed by atoms with Gasteiger partial charge < -0.3 is 4.52 Å². The third kappa shape index (κ3) is 1.24. The number of hydrogen-bond acceptors (Lipinski definition) is 3. The van der Waals surface area contributed by atoms with E-state index in [4.69, 9.17) is 0 Å². The van der Waals surface area contributed by atoms with E-state index in [-0.39, 0.29) is 15.9 Å². The normalized spacial score (nSPS) is 10.5. The second kappa shape index (κ2) is 2.55. The lowest BCUT2D eigenvalue weighted by Gasteiger charge is -1.96. The van der Waals surface area contributed by atoms with Crippen molar-refractivity contribution in [3.05, 3.63) is 45.6 Å². The number of nitrogens with zero attached hydrogens (tertiary/aromatic N) is 1. The molecule has 1 aromatic heterocycles. The molecular formula is C8H4FNO3. The summed E-state index contributed by atoms with van der Waals surface area (Å²) in [5.74, 6) is -0.554. The van der Waals surface area contributed by atoms with Crippen LogP contribution in [0.1, 0.15) is 0 Å². The van der Waals surface area contributed by atoms with Crippen molar-refractivity contribution >= 4 is 11.0 Å². The van der Waals surface area contributed by atoms with Gasteiger partial charge in [-0.2, -0.15) is 0 Å². The van der Waals surface area contributed by atoms with E-state index in [1.807, 2.05) is 0 Å². The topological polar surface area (TPSA) is 57.1 Å². The van der Waals surface area contributed by atoms with Crippen LogP contribution in [0.2, 0.25) is 0 Å². The van der Waals surface area contributed by atoms with Crippen LogP contribution in [-0.2, 0) is 0 Å². The molecule has 1 heterocycles. The highest BCUT2D eigenvalue weighted by Crippen LogP contribution is 2.08. The Bertz CT molecular complexity index is 515. The predicted molar refractivity (Wildman–Crippen MR) is 41.4 cm³/mol. The SMILES string of the molecule is O=c1c[n+]([O-])oc2cc(F)ccc12. The molecule has 0 bridgehead atoms. The molecule has 2 rings (SSSR count). The largest absolute Gasteiger partial charge is 0.367 e. The van der Waals surface area contributed by atoms with E-state index in [1.165, 1.54) is 6.07 Å². The second-order valence-electron chi connectivity index (χ2n) is 2.51. The molecule has 1 aromatic carbocycles. The molecule has 0 amide bonds. The highest BCUT2D eigenvalue weighted by atomic mass is 19.1. The Kier molecular flexibility index (Phi) is 1.51. The van der Waals surface area contributed by atoms with Gasteiger partial charge in [0.15, 0.2) is 0 Å². The van der Waals surface area contributed by atoms with Crippen molar-refractivity contribution in [3.63, 3.8) is 0 Å². The molecule has 0 N–H and O–H groups in total. The van der Waals surface area contributed by atoms with E-state index in [0.717, 1.165) is 18.3 Å². The molecule has 2 aromatic rings. The smallest absolute Gasteiger partial charge is 0.281 e. The summed E-state index contributed by atoms with van der Waals surface area (Å²) in [6.45, 7) is 0. The fourth-order valence-corrected chi connectivity index (χ4v) is 1.06. The van der Waals surface area contributed by atoms with E-state index in [2.05, 4.69) is 4.52 Å². The van der Waals surface area contributed by atoms with Gasteiger partial charge in [-0.05, 0) is 18.2 Å². The highest BCUT2D eigenvalue weighted by molar-refractivity contribution is 5.75. The predicted octanol–water partition coefficient (Wildman–Crippen LogP) is 0.566.